The second-order valence-electron chi connectivity index (χ2n) is 8.49. The Morgan fingerprint density at radius 2 is 1.59 bits per heavy atom. The number of hydrogen-bond acceptors (Lipinski definition) is 13. The van der Waals surface area contributed by atoms with E-state index in [1.807, 2.05) is 12.1 Å². The maximum Gasteiger partial charge on any atom is 0.510 e. The van der Waals surface area contributed by atoms with Gasteiger partial charge in [-0.05, 0) is 66.0 Å². The van der Waals surface area contributed by atoms with Crippen molar-refractivity contribution in [1.29, 1.82) is 0 Å². The number of rotatable bonds is 15. The minimum Gasteiger partial charge on any atom is -0.432 e. The van der Waals surface area contributed by atoms with Crippen LogP contribution in [0.3, 0.4) is 0 Å². The lowest BCUT2D eigenvalue weighted by Crippen LogP contribution is -2.18. The van der Waals surface area contributed by atoms with Crippen LogP contribution in [-0.2, 0) is 43.7 Å². The molecule has 2 N–H and O–H groups in total. The Labute approximate surface area is 215 Å². The second-order valence-corrected chi connectivity index (χ2v) is 10.5. The predicted molar refractivity (Wildman–Crippen MR) is 131 cm³/mol. The van der Waals surface area contributed by atoms with E-state index in [4.69, 9.17) is 38.5 Å². The van der Waals surface area contributed by atoms with E-state index in [9.17, 15) is 14.2 Å². The van der Waals surface area contributed by atoms with Crippen molar-refractivity contribution in [2.75, 3.05) is 25.7 Å². The number of fused-ring (bicyclic) bond motifs is 1. The molecule has 1 atom stereocenters. The van der Waals surface area contributed by atoms with E-state index in [2.05, 4.69) is 10.1 Å². The lowest BCUT2D eigenvalue weighted by atomic mass is 10.1. The summed E-state index contributed by atoms with van der Waals surface area (Å²) in [7, 11) is -4.00. The molecule has 37 heavy (non-hydrogen) atoms. The zero-order valence-corrected chi connectivity index (χ0v) is 22.5. The number of nitrogens with two attached hydrogens (primary N) is 1. The lowest BCUT2D eigenvalue weighted by molar-refractivity contribution is -0.0367. The maximum atomic E-state index is 13.1. The van der Waals surface area contributed by atoms with Crippen molar-refractivity contribution >= 4 is 31.2 Å². The summed E-state index contributed by atoms with van der Waals surface area (Å²) in [5.74, 6) is 0.400. The number of ether oxygens (including phenoxy) is 5. The summed E-state index contributed by atoms with van der Waals surface area (Å²) in [4.78, 5) is 27.0. The van der Waals surface area contributed by atoms with Crippen LogP contribution in [0.5, 0.6) is 0 Å². The molecule has 0 radical (unpaired) electrons. The van der Waals surface area contributed by atoms with Crippen molar-refractivity contribution in [3.63, 3.8) is 0 Å². The molecule has 0 bridgehead atoms. The Morgan fingerprint density at radius 1 is 1.00 bits per heavy atom. The number of carbonyl (C=O) groups excluding carboxylic acids is 2. The van der Waals surface area contributed by atoms with Gasteiger partial charge in [-0.3, -0.25) is 13.6 Å². The topological polar surface area (TPSA) is 172 Å². The number of nitrogens with zero attached hydrogens (tertiary/aromatic N) is 3. The molecule has 0 spiro atoms. The van der Waals surface area contributed by atoms with Crippen molar-refractivity contribution in [1.82, 2.24) is 14.6 Å². The smallest absolute Gasteiger partial charge is 0.432 e. The van der Waals surface area contributed by atoms with Crippen LogP contribution in [0, 0.1) is 0 Å². The molecule has 0 fully saturated rings. The first-order chi connectivity index (χ1) is 17.5. The van der Waals surface area contributed by atoms with E-state index in [1.165, 1.54) is 6.33 Å². The van der Waals surface area contributed by atoms with Gasteiger partial charge < -0.3 is 29.4 Å². The van der Waals surface area contributed by atoms with E-state index < -0.39 is 52.0 Å². The molecular formula is C22H35N4O10P. The largest absolute Gasteiger partial charge is 0.510 e. The predicted octanol–water partition coefficient (Wildman–Crippen LogP) is 4.26. The first-order valence-electron chi connectivity index (χ1n) is 11.7. The van der Waals surface area contributed by atoms with E-state index in [0.29, 0.717) is 18.7 Å². The lowest BCUT2D eigenvalue weighted by Gasteiger charge is -2.21. The quantitative estimate of drug-likeness (QED) is 0.191. The zero-order chi connectivity index (χ0) is 27.4. The van der Waals surface area contributed by atoms with E-state index in [1.54, 1.807) is 39.1 Å². The van der Waals surface area contributed by atoms with Crippen LogP contribution in [0.1, 0.15) is 53.2 Å². The summed E-state index contributed by atoms with van der Waals surface area (Å²) >= 11 is 0. The third-order valence-corrected chi connectivity index (χ3v) is 6.10. The van der Waals surface area contributed by atoms with Gasteiger partial charge in [-0.2, -0.15) is 5.10 Å². The summed E-state index contributed by atoms with van der Waals surface area (Å²) in [5.41, 5.74) is 7.55. The van der Waals surface area contributed by atoms with Gasteiger partial charge in [0.2, 0.25) is 13.6 Å². The Balaban J connectivity index is 1.85. The first-order valence-corrected chi connectivity index (χ1v) is 13.5. The van der Waals surface area contributed by atoms with Gasteiger partial charge in [-0.1, -0.05) is 0 Å². The minimum atomic E-state index is -4.00. The fraction of sp³-hybridized carbons (Fsp3) is 0.636. The van der Waals surface area contributed by atoms with Crippen LogP contribution in [0.25, 0.3) is 5.52 Å². The Morgan fingerprint density at radius 3 is 2.16 bits per heavy atom. The monoisotopic (exact) mass is 546 g/mol. The highest BCUT2D eigenvalue weighted by atomic mass is 31.2. The molecule has 0 aliphatic heterocycles. The highest BCUT2D eigenvalue weighted by Crippen LogP contribution is 2.48. The van der Waals surface area contributed by atoms with Crippen LogP contribution in [0.15, 0.2) is 18.5 Å². The van der Waals surface area contributed by atoms with Gasteiger partial charge in [0.1, 0.15) is 18.2 Å². The normalized spacial score (nSPS) is 12.6. The molecule has 2 aromatic heterocycles. The molecule has 208 valence electrons. The fourth-order valence-corrected chi connectivity index (χ4v) is 4.03. The highest BCUT2D eigenvalue weighted by molar-refractivity contribution is 7.53. The van der Waals surface area contributed by atoms with Crippen molar-refractivity contribution in [3.8, 4) is 0 Å². The molecule has 0 saturated heterocycles. The summed E-state index contributed by atoms with van der Waals surface area (Å²) < 4.78 is 49.9. The molecule has 1 unspecified atom stereocenters. The molecule has 2 rings (SSSR count). The van der Waals surface area contributed by atoms with Gasteiger partial charge in [0.05, 0.1) is 18.3 Å². The third kappa shape index (κ3) is 10.9. The van der Waals surface area contributed by atoms with Crippen LogP contribution in [0.2, 0.25) is 0 Å². The standard InChI is InChI=1S/C22H35N4O10P/c1-15(2)35-21(27)30-12-33-37(29,34-13-31-22(28)36-16(3)4)14-32-17(5)7-6-8-18-9-10-19-20(23)24-11-25-26(18)19/h9-11,15-17H,6-8,12-14H2,1-5H3,(H2,23,24,25). The molecule has 0 amide bonds. The molecule has 0 aliphatic rings. The van der Waals surface area contributed by atoms with Crippen LogP contribution >= 0.6 is 7.60 Å². The number of aryl methyl sites for hydroxylation is 1. The van der Waals surface area contributed by atoms with E-state index in [-0.39, 0.29) is 6.10 Å². The van der Waals surface area contributed by atoms with Gasteiger partial charge in [-0.15, -0.1) is 0 Å². The van der Waals surface area contributed by atoms with E-state index in [0.717, 1.165) is 17.6 Å². The number of hydrogen-bond donors (Lipinski definition) is 1. The van der Waals surface area contributed by atoms with Crippen LogP contribution < -0.4 is 5.73 Å². The molecule has 0 aliphatic carbocycles. The number of aromatic nitrogens is 3. The Hall–Kier alpha value is -2.93. The summed E-state index contributed by atoms with van der Waals surface area (Å²) in [6.07, 6.45) is -0.185. The SMILES string of the molecule is CC(C)OC(=O)OCOP(=O)(COC(C)CCCc1ccc2c(N)ncnn12)OCOC(=O)OC(C)C. The number of carbonyl (C=O) groups is 2. The Bertz CT molecular complexity index is 1030. The van der Waals surface area contributed by atoms with E-state index >= 15 is 0 Å². The second kappa shape index (κ2) is 14.7. The fourth-order valence-electron chi connectivity index (χ4n) is 2.94. The number of nitrogen functional groups attached to an aromatic ring is 1. The summed E-state index contributed by atoms with van der Waals surface area (Å²) in [6, 6.07) is 3.78. The third-order valence-electron chi connectivity index (χ3n) is 4.64. The molecule has 0 saturated carbocycles. The van der Waals surface area contributed by atoms with Gasteiger partial charge in [0, 0.05) is 5.69 Å². The summed E-state index contributed by atoms with van der Waals surface area (Å²) in [5, 5.41) is 4.22. The van der Waals surface area contributed by atoms with Gasteiger partial charge in [0.25, 0.3) is 0 Å². The van der Waals surface area contributed by atoms with Crippen LogP contribution in [0.4, 0.5) is 15.4 Å². The number of anilines is 1. The maximum absolute atomic E-state index is 13.1. The highest BCUT2D eigenvalue weighted by Gasteiger charge is 2.28. The molecule has 0 aromatic carbocycles. The molecule has 2 aromatic rings. The average Bonchev–Trinajstić information content (AvgIpc) is 3.21. The van der Waals surface area contributed by atoms with Gasteiger partial charge >= 0.3 is 19.9 Å². The van der Waals surface area contributed by atoms with Crippen LogP contribution in [-0.4, -0.2) is 65.2 Å². The molecule has 14 nitrogen and oxygen atoms in total. The Kier molecular flexibility index (Phi) is 12.1. The minimum absolute atomic E-state index is 0.329. The average molecular weight is 547 g/mol. The first kappa shape index (κ1) is 30.3. The summed E-state index contributed by atoms with van der Waals surface area (Å²) in [6.45, 7) is 6.92. The van der Waals surface area contributed by atoms with Crippen molar-refractivity contribution < 1.29 is 46.9 Å². The van der Waals surface area contributed by atoms with Crippen molar-refractivity contribution in [3.05, 3.63) is 24.2 Å². The van der Waals surface area contributed by atoms with Crippen molar-refractivity contribution in [2.24, 2.45) is 0 Å². The molecule has 2 heterocycles. The molecule has 15 heteroatoms. The van der Waals surface area contributed by atoms with Gasteiger partial charge in [-0.25, -0.2) is 19.1 Å². The molecular weight excluding hydrogens is 511 g/mol. The van der Waals surface area contributed by atoms with Crippen molar-refractivity contribution in [2.45, 2.75) is 72.2 Å². The van der Waals surface area contributed by atoms with Gasteiger partial charge in [0.15, 0.2) is 5.82 Å². The zero-order valence-electron chi connectivity index (χ0n) is 21.7.